The number of anilines is 1. The molecule has 0 spiro atoms. The number of imide groups is 1. The molecule has 36 heavy (non-hydrogen) atoms. The largest absolute Gasteiger partial charge is 0.506 e. The Morgan fingerprint density at radius 3 is 2.42 bits per heavy atom. The highest BCUT2D eigenvalue weighted by molar-refractivity contribution is 6.07. The maximum atomic E-state index is 12.9. The number of amides is 5. The Balaban J connectivity index is 1.23. The van der Waals surface area contributed by atoms with Crippen LogP contribution in [0.3, 0.4) is 0 Å². The number of benzene rings is 2. The Labute approximate surface area is 209 Å². The first-order valence-electron chi connectivity index (χ1n) is 12.1. The summed E-state index contributed by atoms with van der Waals surface area (Å²) in [5.74, 6) is -1.36. The SMILES string of the molecule is C[C@]1(CCc2ccccc2)NC(=O)N(NC(=O)CN2CCC(C(=O)Nc3ccccc3O)CC2)C1=O. The number of hydrazine groups is 1. The Kier molecular flexibility index (Phi) is 7.54. The molecule has 2 saturated heterocycles. The van der Waals surface area contributed by atoms with E-state index in [-0.39, 0.29) is 24.1 Å². The Morgan fingerprint density at radius 1 is 1.06 bits per heavy atom. The quantitative estimate of drug-likeness (QED) is 0.329. The van der Waals surface area contributed by atoms with E-state index in [1.165, 1.54) is 6.07 Å². The van der Waals surface area contributed by atoms with Crippen LogP contribution in [0.25, 0.3) is 0 Å². The van der Waals surface area contributed by atoms with Crippen LogP contribution in [0.15, 0.2) is 54.6 Å². The molecule has 0 radical (unpaired) electrons. The van der Waals surface area contributed by atoms with E-state index in [2.05, 4.69) is 16.1 Å². The number of rotatable bonds is 8. The fourth-order valence-electron chi connectivity index (χ4n) is 4.52. The van der Waals surface area contributed by atoms with Gasteiger partial charge in [-0.1, -0.05) is 42.5 Å². The standard InChI is InChI=1S/C26H31N5O5/c1-26(14-11-18-7-3-2-4-8-18)24(35)31(25(36)28-26)29-22(33)17-30-15-12-19(13-16-30)23(34)27-20-9-5-6-10-21(20)32/h2-10,19,32H,11-17H2,1H3,(H,27,34)(H,28,36)(H,29,33)/t26-/m1/s1. The van der Waals surface area contributed by atoms with Gasteiger partial charge in [0.05, 0.1) is 12.2 Å². The molecule has 2 aliphatic heterocycles. The smallest absolute Gasteiger partial charge is 0.344 e. The number of urea groups is 1. The van der Waals surface area contributed by atoms with E-state index in [9.17, 15) is 24.3 Å². The highest BCUT2D eigenvalue weighted by atomic mass is 16.3. The fraction of sp³-hybridized carbons (Fsp3) is 0.385. The van der Waals surface area contributed by atoms with Crippen LogP contribution in [-0.2, 0) is 20.8 Å². The summed E-state index contributed by atoms with van der Waals surface area (Å²) in [4.78, 5) is 52.4. The minimum Gasteiger partial charge on any atom is -0.506 e. The number of para-hydroxylation sites is 2. The van der Waals surface area contributed by atoms with Crippen molar-refractivity contribution in [3.05, 3.63) is 60.2 Å². The van der Waals surface area contributed by atoms with E-state index >= 15 is 0 Å². The van der Waals surface area contributed by atoms with Crippen LogP contribution in [0, 0.1) is 5.92 Å². The number of nitrogens with one attached hydrogen (secondary N) is 3. The zero-order valence-corrected chi connectivity index (χ0v) is 20.2. The molecule has 4 N–H and O–H groups in total. The molecule has 10 nitrogen and oxygen atoms in total. The topological polar surface area (TPSA) is 131 Å². The molecule has 5 amide bonds. The lowest BCUT2D eigenvalue weighted by molar-refractivity contribution is -0.139. The minimum absolute atomic E-state index is 0.00556. The number of piperidine rings is 1. The second kappa shape index (κ2) is 10.8. The van der Waals surface area contributed by atoms with Crippen molar-refractivity contribution in [3.63, 3.8) is 0 Å². The van der Waals surface area contributed by atoms with Gasteiger partial charge < -0.3 is 15.7 Å². The first kappa shape index (κ1) is 25.2. The van der Waals surface area contributed by atoms with Crippen LogP contribution in [0.5, 0.6) is 5.75 Å². The fourth-order valence-corrected chi connectivity index (χ4v) is 4.52. The monoisotopic (exact) mass is 493 g/mol. The van der Waals surface area contributed by atoms with Crippen molar-refractivity contribution in [1.29, 1.82) is 0 Å². The van der Waals surface area contributed by atoms with Gasteiger partial charge in [-0.3, -0.25) is 24.7 Å². The normalized spacial score (nSPS) is 20.8. The number of carbonyl (C=O) groups is 4. The Morgan fingerprint density at radius 2 is 1.72 bits per heavy atom. The maximum absolute atomic E-state index is 12.9. The van der Waals surface area contributed by atoms with Crippen LogP contribution < -0.4 is 16.1 Å². The van der Waals surface area contributed by atoms with Crippen molar-refractivity contribution in [1.82, 2.24) is 20.7 Å². The molecule has 0 saturated carbocycles. The predicted octanol–water partition coefficient (Wildman–Crippen LogP) is 2.02. The molecule has 0 aliphatic carbocycles. The number of carbonyl (C=O) groups excluding carboxylic acids is 4. The number of phenols is 1. The number of hydrogen-bond donors (Lipinski definition) is 4. The first-order chi connectivity index (χ1) is 17.2. The van der Waals surface area contributed by atoms with Crippen molar-refractivity contribution in [2.24, 2.45) is 5.92 Å². The summed E-state index contributed by atoms with van der Waals surface area (Å²) in [5.41, 5.74) is 2.76. The molecular weight excluding hydrogens is 462 g/mol. The zero-order valence-electron chi connectivity index (χ0n) is 20.2. The van der Waals surface area contributed by atoms with Gasteiger partial charge in [0.25, 0.3) is 11.8 Å². The summed E-state index contributed by atoms with van der Waals surface area (Å²) in [5, 5.41) is 16.1. The van der Waals surface area contributed by atoms with Crippen LogP contribution in [0.2, 0.25) is 0 Å². The highest BCUT2D eigenvalue weighted by Crippen LogP contribution is 2.25. The number of nitrogens with zero attached hydrogens (tertiary/aromatic N) is 2. The number of likely N-dealkylation sites (tertiary alicyclic amines) is 1. The van der Waals surface area contributed by atoms with Gasteiger partial charge in [-0.25, -0.2) is 4.79 Å². The lowest BCUT2D eigenvalue weighted by Gasteiger charge is -2.31. The van der Waals surface area contributed by atoms with Gasteiger partial charge in [-0.2, -0.15) is 5.01 Å². The molecule has 1 atom stereocenters. The van der Waals surface area contributed by atoms with Crippen LogP contribution >= 0.6 is 0 Å². The number of aromatic hydroxyl groups is 1. The molecule has 2 aliphatic rings. The van der Waals surface area contributed by atoms with Gasteiger partial charge >= 0.3 is 6.03 Å². The van der Waals surface area contributed by atoms with Crippen molar-refractivity contribution < 1.29 is 24.3 Å². The van der Waals surface area contributed by atoms with Crippen molar-refractivity contribution in [2.75, 3.05) is 25.0 Å². The molecule has 2 aromatic carbocycles. The molecule has 4 rings (SSSR count). The number of phenolic OH excluding ortho intramolecular Hbond substituents is 1. The zero-order chi connectivity index (χ0) is 25.7. The average molecular weight is 494 g/mol. The lowest BCUT2D eigenvalue weighted by Crippen LogP contribution is -2.52. The minimum atomic E-state index is -1.10. The molecule has 2 aromatic rings. The van der Waals surface area contributed by atoms with E-state index in [0.29, 0.717) is 44.5 Å². The molecule has 2 fully saturated rings. The van der Waals surface area contributed by atoms with Gasteiger partial charge in [0.2, 0.25) is 5.91 Å². The van der Waals surface area contributed by atoms with Gasteiger partial charge in [0.15, 0.2) is 0 Å². The predicted molar refractivity (Wildman–Crippen MR) is 133 cm³/mol. The van der Waals surface area contributed by atoms with Gasteiger partial charge in [-0.05, 0) is 63.4 Å². The van der Waals surface area contributed by atoms with Gasteiger partial charge in [-0.15, -0.1) is 0 Å². The number of aryl methyl sites for hydroxylation is 1. The summed E-state index contributed by atoms with van der Waals surface area (Å²) in [6.07, 6.45) is 2.11. The summed E-state index contributed by atoms with van der Waals surface area (Å²) in [6, 6.07) is 15.6. The van der Waals surface area contributed by atoms with Crippen molar-refractivity contribution >= 4 is 29.4 Å². The molecule has 0 bridgehead atoms. The lowest BCUT2D eigenvalue weighted by atomic mass is 9.93. The highest BCUT2D eigenvalue weighted by Gasteiger charge is 2.48. The van der Waals surface area contributed by atoms with E-state index in [0.717, 1.165) is 10.6 Å². The third-order valence-electron chi connectivity index (χ3n) is 6.74. The van der Waals surface area contributed by atoms with Crippen molar-refractivity contribution in [2.45, 2.75) is 38.1 Å². The molecule has 2 heterocycles. The second-order valence-corrected chi connectivity index (χ2v) is 9.48. The van der Waals surface area contributed by atoms with Crippen LogP contribution in [-0.4, -0.2) is 63.9 Å². The molecular formula is C26H31N5O5. The Bertz CT molecular complexity index is 1130. The molecule has 0 aromatic heterocycles. The number of hydrogen-bond acceptors (Lipinski definition) is 6. The second-order valence-electron chi connectivity index (χ2n) is 9.48. The summed E-state index contributed by atoms with van der Waals surface area (Å²) < 4.78 is 0. The van der Waals surface area contributed by atoms with E-state index in [1.54, 1.807) is 25.1 Å². The third kappa shape index (κ3) is 5.83. The summed E-state index contributed by atoms with van der Waals surface area (Å²) in [7, 11) is 0. The summed E-state index contributed by atoms with van der Waals surface area (Å²) in [6.45, 7) is 2.70. The maximum Gasteiger partial charge on any atom is 0.344 e. The van der Waals surface area contributed by atoms with E-state index in [1.807, 2.05) is 35.2 Å². The Hall–Kier alpha value is -3.92. The van der Waals surface area contributed by atoms with Gasteiger partial charge in [0, 0.05) is 5.92 Å². The summed E-state index contributed by atoms with van der Waals surface area (Å²) >= 11 is 0. The van der Waals surface area contributed by atoms with E-state index in [4.69, 9.17) is 0 Å². The van der Waals surface area contributed by atoms with Crippen LogP contribution in [0.1, 0.15) is 31.7 Å². The van der Waals surface area contributed by atoms with Gasteiger partial charge in [0.1, 0.15) is 11.3 Å². The average Bonchev–Trinajstić information content (AvgIpc) is 3.08. The molecule has 190 valence electrons. The van der Waals surface area contributed by atoms with Crippen molar-refractivity contribution in [3.8, 4) is 5.75 Å². The molecule has 10 heteroatoms. The van der Waals surface area contributed by atoms with E-state index < -0.39 is 23.4 Å². The van der Waals surface area contributed by atoms with Crippen LogP contribution in [0.4, 0.5) is 10.5 Å². The molecule has 0 unspecified atom stereocenters. The third-order valence-corrected chi connectivity index (χ3v) is 6.74. The first-order valence-corrected chi connectivity index (χ1v) is 12.1.